The molecule has 1 heteroatoms. The van der Waals surface area contributed by atoms with Crippen molar-refractivity contribution in [1.29, 1.82) is 0 Å². The highest BCUT2D eigenvalue weighted by atomic mass is 14.7. The summed E-state index contributed by atoms with van der Waals surface area (Å²) < 4.78 is 0. The molecule has 0 radical (unpaired) electrons. The molecule has 0 aliphatic heterocycles. The van der Waals surface area contributed by atoms with Crippen LogP contribution in [0.15, 0.2) is 128 Å². The van der Waals surface area contributed by atoms with Gasteiger partial charge in [0.2, 0.25) is 0 Å². The fourth-order valence-corrected chi connectivity index (χ4v) is 5.07. The molecule has 1 nitrogen and oxygen atoms in total. The first-order chi connectivity index (χ1) is 16.8. The summed E-state index contributed by atoms with van der Waals surface area (Å²) in [6, 6.07) is 44.0. The Bertz CT molecular complexity index is 1710. The molecular weight excluding hydrogens is 410 g/mol. The van der Waals surface area contributed by atoms with E-state index in [9.17, 15) is 0 Å². The van der Waals surface area contributed by atoms with E-state index >= 15 is 0 Å². The average Bonchev–Trinajstić information content (AvgIpc) is 2.92. The van der Waals surface area contributed by atoms with Gasteiger partial charge < -0.3 is 0 Å². The van der Waals surface area contributed by atoms with Crippen molar-refractivity contribution in [2.45, 2.75) is 0 Å². The molecule has 0 N–H and O–H groups in total. The number of benzene rings is 5. The lowest BCUT2D eigenvalue weighted by molar-refractivity contribution is 1.36. The van der Waals surface area contributed by atoms with E-state index in [1.54, 1.807) is 0 Å². The maximum Gasteiger partial charge on any atom is 0.0780 e. The largest absolute Gasteiger partial charge is 0.256 e. The summed E-state index contributed by atoms with van der Waals surface area (Å²) >= 11 is 0. The summed E-state index contributed by atoms with van der Waals surface area (Å²) in [7, 11) is 0. The number of rotatable bonds is 0. The molecule has 0 saturated heterocycles. The number of aromatic nitrogens is 1. The van der Waals surface area contributed by atoms with Gasteiger partial charge in [0.25, 0.3) is 0 Å². The predicted molar refractivity (Wildman–Crippen MR) is 142 cm³/mol. The average molecular weight is 432 g/mol. The van der Waals surface area contributed by atoms with Crippen molar-refractivity contribution in [2.75, 3.05) is 0 Å². The van der Waals surface area contributed by atoms with E-state index in [4.69, 9.17) is 4.98 Å². The number of nitrogens with zero attached hydrogens (tertiary/aromatic N) is 1. The zero-order valence-electron chi connectivity index (χ0n) is 18.6. The van der Waals surface area contributed by atoms with Gasteiger partial charge in [-0.3, -0.25) is 4.98 Å². The molecule has 2 aliphatic carbocycles. The minimum Gasteiger partial charge on any atom is -0.256 e. The van der Waals surface area contributed by atoms with Crippen molar-refractivity contribution in [2.24, 2.45) is 0 Å². The summed E-state index contributed by atoms with van der Waals surface area (Å²) in [6.45, 7) is 0. The Balaban J connectivity index is 1.57. The molecule has 2 aliphatic rings. The lowest BCUT2D eigenvalue weighted by Crippen LogP contribution is -1.88. The van der Waals surface area contributed by atoms with E-state index in [0.29, 0.717) is 0 Å². The van der Waals surface area contributed by atoms with Gasteiger partial charge in [-0.1, -0.05) is 84.9 Å². The molecule has 0 fully saturated rings. The SMILES string of the molecule is c1cc2cc(c1)-c1cccc(c1)-c1ccc3c(nccc3c1)-c1cccc(c1)-c1cccc-2c1. The van der Waals surface area contributed by atoms with Crippen molar-refractivity contribution < 1.29 is 0 Å². The zero-order chi connectivity index (χ0) is 22.5. The van der Waals surface area contributed by atoms with Crippen LogP contribution in [-0.4, -0.2) is 4.98 Å². The van der Waals surface area contributed by atoms with Crippen LogP contribution in [-0.2, 0) is 0 Å². The Morgan fingerprint density at radius 1 is 0.353 bits per heavy atom. The molecule has 1 heterocycles. The van der Waals surface area contributed by atoms with Crippen LogP contribution in [0.25, 0.3) is 66.5 Å². The first-order valence-electron chi connectivity index (χ1n) is 11.6. The molecule has 0 amide bonds. The van der Waals surface area contributed by atoms with E-state index in [1.165, 1.54) is 55.3 Å². The molecule has 1 aromatic heterocycles. The highest BCUT2D eigenvalue weighted by Gasteiger charge is 2.11. The quantitative estimate of drug-likeness (QED) is 0.234. The van der Waals surface area contributed by atoms with Gasteiger partial charge >= 0.3 is 0 Å². The van der Waals surface area contributed by atoms with Crippen LogP contribution in [0.1, 0.15) is 0 Å². The fraction of sp³-hybridized carbons (Fsp3) is 0. The van der Waals surface area contributed by atoms with E-state index in [-0.39, 0.29) is 0 Å². The van der Waals surface area contributed by atoms with E-state index < -0.39 is 0 Å². The molecular formula is C33H21N. The van der Waals surface area contributed by atoms with E-state index in [1.807, 2.05) is 6.20 Å². The van der Waals surface area contributed by atoms with Gasteiger partial charge in [-0.25, -0.2) is 0 Å². The van der Waals surface area contributed by atoms with Crippen LogP contribution in [0.4, 0.5) is 0 Å². The van der Waals surface area contributed by atoms with Gasteiger partial charge in [0.1, 0.15) is 0 Å². The smallest absolute Gasteiger partial charge is 0.0780 e. The summed E-state index contributed by atoms with van der Waals surface area (Å²) in [4.78, 5) is 4.79. The van der Waals surface area contributed by atoms with Crippen molar-refractivity contribution in [3.05, 3.63) is 128 Å². The van der Waals surface area contributed by atoms with Crippen LogP contribution in [0.2, 0.25) is 0 Å². The third-order valence-electron chi connectivity index (χ3n) is 6.82. The van der Waals surface area contributed by atoms with Crippen LogP contribution in [0, 0.1) is 0 Å². The zero-order valence-corrected chi connectivity index (χ0v) is 18.6. The Morgan fingerprint density at radius 2 is 0.765 bits per heavy atom. The van der Waals surface area contributed by atoms with Gasteiger partial charge in [-0.2, -0.15) is 0 Å². The number of hydrogen-bond donors (Lipinski definition) is 0. The third kappa shape index (κ3) is 3.14. The van der Waals surface area contributed by atoms with Gasteiger partial charge in [0.15, 0.2) is 0 Å². The molecule has 8 rings (SSSR count). The normalized spacial score (nSPS) is 11.5. The Kier molecular flexibility index (Phi) is 4.22. The Labute approximate surface area is 199 Å². The van der Waals surface area contributed by atoms with Crippen LogP contribution >= 0.6 is 0 Å². The second-order valence-electron chi connectivity index (χ2n) is 8.92. The Morgan fingerprint density at radius 3 is 1.26 bits per heavy atom. The molecule has 0 spiro atoms. The van der Waals surface area contributed by atoms with Gasteiger partial charge in [0, 0.05) is 17.1 Å². The lowest BCUT2D eigenvalue weighted by Gasteiger charge is -2.10. The molecule has 12 bridgehead atoms. The standard InChI is InChI=1S/C33H21N/c1-5-22-17-23(6-1)25-8-3-10-27(19-25)29-13-14-32-30(20-29)15-16-34-33(32)31-12-4-11-28(21-31)26-9-2-7-24(22)18-26/h1-21H. The monoisotopic (exact) mass is 431 g/mol. The number of pyridine rings is 1. The molecule has 0 unspecified atom stereocenters. The van der Waals surface area contributed by atoms with Crippen molar-refractivity contribution in [1.82, 2.24) is 4.98 Å². The maximum atomic E-state index is 4.79. The van der Waals surface area contributed by atoms with Crippen molar-refractivity contribution in [3.8, 4) is 55.8 Å². The van der Waals surface area contributed by atoms with Crippen molar-refractivity contribution >= 4 is 10.8 Å². The second-order valence-corrected chi connectivity index (χ2v) is 8.92. The third-order valence-corrected chi connectivity index (χ3v) is 6.82. The number of hydrogen-bond acceptors (Lipinski definition) is 1. The highest BCUT2D eigenvalue weighted by Crippen LogP contribution is 2.35. The summed E-state index contributed by atoms with van der Waals surface area (Å²) in [5.74, 6) is 0. The first-order valence-corrected chi connectivity index (χ1v) is 11.6. The predicted octanol–water partition coefficient (Wildman–Crippen LogP) is 8.88. The van der Waals surface area contributed by atoms with Gasteiger partial charge in [-0.05, 0) is 86.3 Å². The fourth-order valence-electron chi connectivity index (χ4n) is 5.07. The summed E-state index contributed by atoms with van der Waals surface area (Å²) in [5.41, 5.74) is 11.9. The second kappa shape index (κ2) is 7.54. The van der Waals surface area contributed by atoms with Crippen LogP contribution in [0.5, 0.6) is 0 Å². The van der Waals surface area contributed by atoms with Crippen LogP contribution in [0.3, 0.4) is 0 Å². The minimum atomic E-state index is 1.02. The van der Waals surface area contributed by atoms with E-state index in [2.05, 4.69) is 121 Å². The van der Waals surface area contributed by atoms with E-state index in [0.717, 1.165) is 11.3 Å². The molecule has 0 saturated carbocycles. The van der Waals surface area contributed by atoms with Crippen molar-refractivity contribution in [3.63, 3.8) is 0 Å². The topological polar surface area (TPSA) is 12.9 Å². The van der Waals surface area contributed by atoms with Gasteiger partial charge in [-0.15, -0.1) is 0 Å². The van der Waals surface area contributed by atoms with Gasteiger partial charge in [0.05, 0.1) is 5.69 Å². The molecule has 6 aromatic rings. The Hall–Kier alpha value is -4.49. The summed E-state index contributed by atoms with van der Waals surface area (Å²) in [6.07, 6.45) is 1.92. The highest BCUT2D eigenvalue weighted by molar-refractivity contribution is 5.97. The molecule has 34 heavy (non-hydrogen) atoms. The lowest BCUT2D eigenvalue weighted by atomic mass is 9.95. The molecule has 5 aromatic carbocycles. The summed E-state index contributed by atoms with van der Waals surface area (Å²) in [5, 5.41) is 2.37. The molecule has 0 atom stereocenters. The maximum absolute atomic E-state index is 4.79. The molecule has 158 valence electrons. The minimum absolute atomic E-state index is 1.02. The first kappa shape index (κ1) is 19.0. The van der Waals surface area contributed by atoms with Crippen LogP contribution < -0.4 is 0 Å². The number of fused-ring (bicyclic) bond motifs is 1.